The Labute approximate surface area is 141 Å². The van der Waals surface area contributed by atoms with Crippen LogP contribution >= 0.6 is 11.8 Å². The number of methoxy groups -OCH3 is 1. The number of thioether (sulfide) groups is 1. The van der Waals surface area contributed by atoms with Crippen LogP contribution in [-0.2, 0) is 9.47 Å². The summed E-state index contributed by atoms with van der Waals surface area (Å²) in [6.07, 6.45) is 7.49. The molecule has 0 spiro atoms. The van der Waals surface area contributed by atoms with Gasteiger partial charge in [0, 0.05) is 0 Å². The van der Waals surface area contributed by atoms with Gasteiger partial charge in [-0.2, -0.15) is 0 Å². The van der Waals surface area contributed by atoms with E-state index in [1.54, 1.807) is 17.5 Å². The second-order valence-corrected chi connectivity index (χ2v) is 20.2. The summed E-state index contributed by atoms with van der Waals surface area (Å²) in [7, 11) is -1.01. The van der Waals surface area contributed by atoms with Crippen LogP contribution in [-0.4, -0.2) is 41.2 Å². The highest BCUT2D eigenvalue weighted by molar-refractivity contribution is 8.04. The Kier molecular flexibility index (Phi) is 3.69. The molecule has 0 aromatic heterocycles. The first-order valence-electron chi connectivity index (χ1n) is 8.04. The van der Waals surface area contributed by atoms with E-state index in [2.05, 4.69) is 57.5 Å². The lowest BCUT2D eigenvalue weighted by Crippen LogP contribution is -2.46. The summed E-state index contributed by atoms with van der Waals surface area (Å²) in [5.41, 5.74) is 0.00176. The van der Waals surface area contributed by atoms with E-state index >= 15 is 0 Å². The van der Waals surface area contributed by atoms with E-state index in [1.165, 1.54) is 0 Å². The lowest BCUT2D eigenvalue weighted by Gasteiger charge is -2.43. The first kappa shape index (κ1) is 16.6. The highest BCUT2D eigenvalue weighted by Gasteiger charge is 2.60. The van der Waals surface area contributed by atoms with Crippen molar-refractivity contribution in [1.82, 2.24) is 0 Å². The molecule has 0 N–H and O–H groups in total. The van der Waals surface area contributed by atoms with Crippen molar-refractivity contribution in [3.05, 3.63) is 33.7 Å². The van der Waals surface area contributed by atoms with E-state index < -0.39 is 16.1 Å². The third kappa shape index (κ3) is 2.32. The zero-order chi connectivity index (χ0) is 16.4. The van der Waals surface area contributed by atoms with E-state index in [0.717, 1.165) is 18.3 Å². The van der Waals surface area contributed by atoms with Gasteiger partial charge in [0.25, 0.3) is 0 Å². The minimum Gasteiger partial charge on any atom is -0.491 e. The molecule has 1 fully saturated rings. The molecule has 2 aliphatic heterocycles. The van der Waals surface area contributed by atoms with Gasteiger partial charge >= 0.3 is 0 Å². The first-order chi connectivity index (χ1) is 10.0. The average Bonchev–Trinajstić information content (AvgIpc) is 2.86. The van der Waals surface area contributed by atoms with E-state index in [0.29, 0.717) is 0 Å². The van der Waals surface area contributed by atoms with Crippen molar-refractivity contribution in [3.8, 4) is 0 Å². The molecular formula is C17H28O2SSi2. The van der Waals surface area contributed by atoms with Gasteiger partial charge in [-0.1, -0.05) is 73.6 Å². The summed E-state index contributed by atoms with van der Waals surface area (Å²) in [6.45, 7) is 16.4. The first-order valence-corrected chi connectivity index (χ1v) is 15.9. The molecule has 0 bridgehead atoms. The monoisotopic (exact) mass is 352 g/mol. The third-order valence-corrected chi connectivity index (χ3v) is 10.8. The van der Waals surface area contributed by atoms with Gasteiger partial charge in [-0.15, -0.1) is 0 Å². The number of rotatable bonds is 3. The fourth-order valence-electron chi connectivity index (χ4n) is 3.73. The fraction of sp³-hybridized carbons (Fsp3) is 0.647. The Morgan fingerprint density at radius 1 is 0.955 bits per heavy atom. The molecule has 22 heavy (non-hydrogen) atoms. The van der Waals surface area contributed by atoms with E-state index in [1.807, 2.05) is 11.8 Å². The average molecular weight is 353 g/mol. The van der Waals surface area contributed by atoms with Crippen molar-refractivity contribution < 1.29 is 9.47 Å². The summed E-state index contributed by atoms with van der Waals surface area (Å²) in [5.74, 6) is 0. The molecule has 0 aromatic carbocycles. The van der Waals surface area contributed by atoms with Gasteiger partial charge in [-0.25, -0.2) is 0 Å². The Morgan fingerprint density at radius 2 is 1.55 bits per heavy atom. The maximum atomic E-state index is 5.98. The van der Waals surface area contributed by atoms with Gasteiger partial charge in [0.2, 0.25) is 0 Å². The Hall–Kier alpha value is -0.236. The topological polar surface area (TPSA) is 18.5 Å². The van der Waals surface area contributed by atoms with Crippen LogP contribution in [0.15, 0.2) is 33.7 Å². The Morgan fingerprint density at radius 3 is 2.09 bits per heavy atom. The molecule has 0 radical (unpaired) electrons. The quantitative estimate of drug-likeness (QED) is 0.692. The largest absolute Gasteiger partial charge is 0.491 e. The number of hydrogen-bond donors (Lipinski definition) is 0. The molecule has 3 aliphatic rings. The molecule has 1 saturated heterocycles. The van der Waals surface area contributed by atoms with Gasteiger partial charge in [-0.05, 0) is 6.08 Å². The third-order valence-electron chi connectivity index (χ3n) is 4.99. The molecule has 3 rings (SSSR count). The van der Waals surface area contributed by atoms with Crippen molar-refractivity contribution in [3.63, 3.8) is 0 Å². The van der Waals surface area contributed by atoms with E-state index in [-0.39, 0.29) is 10.2 Å². The summed E-state index contributed by atoms with van der Waals surface area (Å²) in [6, 6.07) is 0. The molecule has 2 nitrogen and oxygen atoms in total. The zero-order valence-corrected chi connectivity index (χ0v) is 17.7. The Bertz CT molecular complexity index is 595. The van der Waals surface area contributed by atoms with Gasteiger partial charge in [0.15, 0.2) is 5.09 Å². The predicted molar refractivity (Wildman–Crippen MR) is 102 cm³/mol. The van der Waals surface area contributed by atoms with Crippen LogP contribution in [0.3, 0.4) is 0 Å². The van der Waals surface area contributed by atoms with Crippen LogP contribution in [0.2, 0.25) is 39.3 Å². The van der Waals surface area contributed by atoms with Gasteiger partial charge < -0.3 is 9.47 Å². The minimum absolute atomic E-state index is 0.00176. The molecule has 0 saturated carbocycles. The van der Waals surface area contributed by atoms with Crippen LogP contribution in [0.4, 0.5) is 0 Å². The molecule has 2 atom stereocenters. The van der Waals surface area contributed by atoms with Crippen molar-refractivity contribution >= 4 is 27.9 Å². The lowest BCUT2D eigenvalue weighted by molar-refractivity contribution is 0.178. The molecule has 0 unspecified atom stereocenters. The fourth-order valence-corrected chi connectivity index (χ4v) is 10.6. The van der Waals surface area contributed by atoms with Gasteiger partial charge in [0.05, 0.1) is 46.6 Å². The summed E-state index contributed by atoms with van der Waals surface area (Å²) in [5, 5.41) is 4.37. The zero-order valence-electron chi connectivity index (χ0n) is 14.9. The maximum absolute atomic E-state index is 5.98. The highest BCUT2D eigenvalue weighted by Crippen LogP contribution is 2.62. The standard InChI is InChI=1S/C17H28O2SSi2/c1-18-15-10-16-8-13(21(2,3)4)14(22(5,6)7)9-17(16,20-15)12-19-11-16/h8-10H,11-12H2,1-7H3/t16-,17-/m0/s1. The normalized spacial score (nSPS) is 34.6. The molecular weight excluding hydrogens is 324 g/mol. The summed E-state index contributed by atoms with van der Waals surface area (Å²) in [4.78, 5) is 0. The predicted octanol–water partition coefficient (Wildman–Crippen LogP) is 4.60. The smallest absolute Gasteiger partial charge is 0.150 e. The SMILES string of the molecule is COC1=C[C@]23C=C([Si](C)(C)C)C([Si](C)(C)C)=C[C@@]2(COC3)S1. The lowest BCUT2D eigenvalue weighted by atomic mass is 9.74. The molecule has 0 aromatic rings. The van der Waals surface area contributed by atoms with Crippen LogP contribution in [0.5, 0.6) is 0 Å². The van der Waals surface area contributed by atoms with Gasteiger partial charge in [-0.3, -0.25) is 0 Å². The highest BCUT2D eigenvalue weighted by atomic mass is 32.2. The van der Waals surface area contributed by atoms with Crippen molar-refractivity contribution in [1.29, 1.82) is 0 Å². The summed E-state index contributed by atoms with van der Waals surface area (Å²) >= 11 is 1.87. The van der Waals surface area contributed by atoms with E-state index in [9.17, 15) is 0 Å². The number of hydrogen-bond acceptors (Lipinski definition) is 3. The van der Waals surface area contributed by atoms with Gasteiger partial charge in [0.1, 0.15) is 0 Å². The minimum atomic E-state index is -1.40. The molecule has 2 heterocycles. The van der Waals surface area contributed by atoms with E-state index in [4.69, 9.17) is 9.47 Å². The molecule has 1 aliphatic carbocycles. The molecule has 0 amide bonds. The Balaban J connectivity index is 2.21. The second-order valence-electron chi connectivity index (χ2n) is 8.81. The maximum Gasteiger partial charge on any atom is 0.150 e. The van der Waals surface area contributed by atoms with Crippen LogP contribution < -0.4 is 0 Å². The van der Waals surface area contributed by atoms with Crippen molar-refractivity contribution in [2.24, 2.45) is 5.41 Å². The molecule has 5 heteroatoms. The van der Waals surface area contributed by atoms with Crippen LogP contribution in [0.1, 0.15) is 0 Å². The van der Waals surface area contributed by atoms with Crippen molar-refractivity contribution in [2.45, 2.75) is 44.0 Å². The van der Waals surface area contributed by atoms with Crippen LogP contribution in [0.25, 0.3) is 0 Å². The number of allylic oxidation sites excluding steroid dienone is 2. The second kappa shape index (κ2) is 4.88. The van der Waals surface area contributed by atoms with Crippen molar-refractivity contribution in [2.75, 3.05) is 20.3 Å². The van der Waals surface area contributed by atoms with Crippen LogP contribution in [0, 0.1) is 5.41 Å². The number of ether oxygens (including phenoxy) is 2. The summed E-state index contributed by atoms with van der Waals surface area (Å²) < 4.78 is 11.6. The molecule has 122 valence electrons.